The minimum atomic E-state index is -0.750. The van der Waals surface area contributed by atoms with Crippen molar-refractivity contribution < 1.29 is 12.8 Å². The first kappa shape index (κ1) is 27.9. The first-order valence-electron chi connectivity index (χ1n) is 13.1. The summed E-state index contributed by atoms with van der Waals surface area (Å²) in [7, 11) is 0. The molecule has 0 saturated carbocycles. The lowest BCUT2D eigenvalue weighted by atomic mass is 10.1. The van der Waals surface area contributed by atoms with Gasteiger partial charge in [-0.1, -0.05) is 12.1 Å². The van der Waals surface area contributed by atoms with Gasteiger partial charge in [0.1, 0.15) is 22.2 Å². The SMILES string of the molecule is Cc1cc(F)ccc1N1CCN(c2nc(N[C@@H]3CCCNC3)c(-c3nc4ccccc4s3)c(=O)[nH]2)CC1.O=S=O. The van der Waals surface area contributed by atoms with Crippen LogP contribution in [0.1, 0.15) is 18.4 Å². The van der Waals surface area contributed by atoms with Gasteiger partial charge in [0.05, 0.1) is 10.2 Å². The second-order valence-corrected chi connectivity index (χ2v) is 10.9. The van der Waals surface area contributed by atoms with Gasteiger partial charge in [-0.2, -0.15) is 13.4 Å². The molecule has 210 valence electrons. The van der Waals surface area contributed by atoms with E-state index < -0.39 is 11.6 Å². The number of anilines is 3. The topological polar surface area (TPSA) is 123 Å². The van der Waals surface area contributed by atoms with Gasteiger partial charge in [0.15, 0.2) is 0 Å². The van der Waals surface area contributed by atoms with Crippen molar-refractivity contribution in [3.05, 3.63) is 64.2 Å². The molecule has 13 heteroatoms. The van der Waals surface area contributed by atoms with Crippen LogP contribution < -0.4 is 26.0 Å². The van der Waals surface area contributed by atoms with Crippen LogP contribution in [0, 0.1) is 12.7 Å². The van der Waals surface area contributed by atoms with Gasteiger partial charge in [0, 0.05) is 44.5 Å². The second kappa shape index (κ2) is 12.7. The van der Waals surface area contributed by atoms with Crippen LogP contribution in [-0.2, 0) is 11.6 Å². The number of hydrogen-bond acceptors (Lipinski definition) is 10. The number of nitrogens with zero attached hydrogens (tertiary/aromatic N) is 4. The summed E-state index contributed by atoms with van der Waals surface area (Å²) in [6.45, 7) is 6.68. The maximum Gasteiger partial charge on any atom is 0.335 e. The van der Waals surface area contributed by atoms with E-state index in [2.05, 4.69) is 25.4 Å². The number of halogens is 1. The molecule has 10 nitrogen and oxygen atoms in total. The highest BCUT2D eigenvalue weighted by Gasteiger charge is 2.25. The molecule has 0 aliphatic carbocycles. The Morgan fingerprint density at radius 1 is 1.07 bits per heavy atom. The van der Waals surface area contributed by atoms with Crippen molar-refractivity contribution in [3.63, 3.8) is 0 Å². The smallest absolute Gasteiger partial charge is 0.335 e. The zero-order valence-corrected chi connectivity index (χ0v) is 23.6. The standard InChI is InChI=1S/C27H30FN7OS.O2S/c1-17-15-18(28)8-9-21(17)34-11-13-35(14-12-34)27-32-24(30-19-5-4-10-29-16-19)23(25(36)33-27)26-31-20-6-2-3-7-22(20)37-26;1-3-2/h2-3,6-9,15,19,29H,4-5,10-14,16H2,1H3,(H2,30,32,33,36);/t19-;/m1./s1. The number of piperidine rings is 1. The van der Waals surface area contributed by atoms with Gasteiger partial charge in [-0.05, 0) is 62.2 Å². The number of aromatic amines is 1. The predicted molar refractivity (Wildman–Crippen MR) is 157 cm³/mol. The van der Waals surface area contributed by atoms with E-state index in [4.69, 9.17) is 18.4 Å². The van der Waals surface area contributed by atoms with Crippen molar-refractivity contribution in [3.8, 4) is 10.6 Å². The van der Waals surface area contributed by atoms with Gasteiger partial charge in [0.2, 0.25) is 5.95 Å². The highest BCUT2D eigenvalue weighted by Crippen LogP contribution is 2.33. The molecule has 4 heterocycles. The fourth-order valence-corrected chi connectivity index (χ4v) is 6.20. The maximum atomic E-state index is 13.6. The lowest BCUT2D eigenvalue weighted by Crippen LogP contribution is -2.48. The lowest BCUT2D eigenvalue weighted by molar-refractivity contribution is 0.479. The number of H-pyrrole nitrogens is 1. The van der Waals surface area contributed by atoms with E-state index in [-0.39, 0.29) is 17.4 Å². The summed E-state index contributed by atoms with van der Waals surface area (Å²) >= 11 is 0.759. The number of rotatable bonds is 5. The van der Waals surface area contributed by atoms with Gasteiger partial charge in [-0.15, -0.1) is 11.3 Å². The van der Waals surface area contributed by atoms with E-state index in [1.807, 2.05) is 37.3 Å². The molecule has 2 aromatic carbocycles. The molecule has 0 spiro atoms. The highest BCUT2D eigenvalue weighted by atomic mass is 32.1. The van der Waals surface area contributed by atoms with Crippen molar-refractivity contribution in [2.75, 3.05) is 54.4 Å². The maximum absolute atomic E-state index is 13.6. The quantitative estimate of drug-likeness (QED) is 0.325. The zero-order chi connectivity index (χ0) is 28.1. The van der Waals surface area contributed by atoms with E-state index in [1.54, 1.807) is 6.07 Å². The Balaban J connectivity index is 0.00000103. The summed E-state index contributed by atoms with van der Waals surface area (Å²) < 4.78 is 31.2. The fraction of sp³-hybridized carbons (Fsp3) is 0.370. The largest absolute Gasteiger partial charge is 0.368 e. The van der Waals surface area contributed by atoms with Crippen LogP contribution in [0.2, 0.25) is 0 Å². The Hall–Kier alpha value is -3.68. The second-order valence-electron chi connectivity index (χ2n) is 9.76. The number of piperazine rings is 1. The Morgan fingerprint density at radius 2 is 1.82 bits per heavy atom. The average Bonchev–Trinajstić information content (AvgIpc) is 3.38. The van der Waals surface area contributed by atoms with Crippen LogP contribution in [0.15, 0.2) is 47.3 Å². The molecule has 1 atom stereocenters. The van der Waals surface area contributed by atoms with Gasteiger partial charge < -0.3 is 20.4 Å². The van der Waals surface area contributed by atoms with Crippen LogP contribution in [-0.4, -0.2) is 68.7 Å². The van der Waals surface area contributed by atoms with Crippen LogP contribution in [0.3, 0.4) is 0 Å². The van der Waals surface area contributed by atoms with Gasteiger partial charge in [-0.3, -0.25) is 9.78 Å². The third-order valence-electron chi connectivity index (χ3n) is 7.13. The van der Waals surface area contributed by atoms with Gasteiger partial charge in [0.25, 0.3) is 5.56 Å². The number of para-hydroxylation sites is 1. The van der Waals surface area contributed by atoms with Crippen LogP contribution in [0.4, 0.5) is 21.8 Å². The Labute approximate surface area is 238 Å². The van der Waals surface area contributed by atoms with Crippen molar-refractivity contribution in [2.45, 2.75) is 25.8 Å². The van der Waals surface area contributed by atoms with E-state index >= 15 is 0 Å². The molecule has 40 heavy (non-hydrogen) atoms. The van der Waals surface area contributed by atoms with E-state index in [1.165, 1.54) is 17.4 Å². The molecule has 0 amide bonds. The van der Waals surface area contributed by atoms with E-state index in [9.17, 15) is 9.18 Å². The molecular weight excluding hydrogens is 553 g/mol. The summed E-state index contributed by atoms with van der Waals surface area (Å²) in [5.74, 6) is 0.933. The van der Waals surface area contributed by atoms with Crippen molar-refractivity contribution in [2.24, 2.45) is 0 Å². The fourth-order valence-electron chi connectivity index (χ4n) is 5.19. The van der Waals surface area contributed by atoms with Gasteiger partial charge >= 0.3 is 11.6 Å². The Bertz CT molecular complexity index is 1540. The molecule has 2 fully saturated rings. The molecule has 6 rings (SSSR count). The molecule has 2 saturated heterocycles. The first-order valence-corrected chi connectivity index (χ1v) is 14.6. The van der Waals surface area contributed by atoms with Gasteiger partial charge in [-0.25, -0.2) is 9.37 Å². The minimum Gasteiger partial charge on any atom is -0.368 e. The summed E-state index contributed by atoms with van der Waals surface area (Å²) in [6.07, 6.45) is 2.10. The third-order valence-corrected chi connectivity index (χ3v) is 8.19. The first-order chi connectivity index (χ1) is 19.5. The Morgan fingerprint density at radius 3 is 2.52 bits per heavy atom. The molecular formula is C27H30FN7O3S2. The molecule has 0 bridgehead atoms. The number of nitrogens with one attached hydrogen (secondary N) is 3. The molecule has 2 aliphatic rings. The molecule has 0 unspecified atom stereocenters. The molecule has 0 radical (unpaired) electrons. The van der Waals surface area contributed by atoms with Crippen LogP contribution in [0.5, 0.6) is 0 Å². The molecule has 2 aliphatic heterocycles. The van der Waals surface area contributed by atoms with Crippen molar-refractivity contribution >= 4 is 50.6 Å². The monoisotopic (exact) mass is 583 g/mol. The van der Waals surface area contributed by atoms with Crippen molar-refractivity contribution in [1.29, 1.82) is 0 Å². The number of fused-ring (bicyclic) bond motifs is 1. The lowest BCUT2D eigenvalue weighted by Gasteiger charge is -2.37. The molecule has 2 aromatic heterocycles. The molecule has 3 N–H and O–H groups in total. The van der Waals surface area contributed by atoms with E-state index in [0.717, 1.165) is 60.5 Å². The number of aromatic nitrogens is 3. The van der Waals surface area contributed by atoms with Crippen LogP contribution in [0.25, 0.3) is 20.8 Å². The third kappa shape index (κ3) is 6.21. The zero-order valence-electron chi connectivity index (χ0n) is 22.0. The predicted octanol–water partition coefficient (Wildman–Crippen LogP) is 3.31. The normalized spacial score (nSPS) is 17.3. The summed E-state index contributed by atoms with van der Waals surface area (Å²) in [5, 5.41) is 7.66. The number of benzene rings is 2. The van der Waals surface area contributed by atoms with E-state index in [0.29, 0.717) is 35.4 Å². The highest BCUT2D eigenvalue weighted by molar-refractivity contribution is 7.51. The summed E-state index contributed by atoms with van der Waals surface area (Å²) in [5.41, 5.74) is 3.15. The molecule has 4 aromatic rings. The average molecular weight is 584 g/mol. The number of hydrogen-bond donors (Lipinski definition) is 3. The Kier molecular flexibility index (Phi) is 8.82. The summed E-state index contributed by atoms with van der Waals surface area (Å²) in [4.78, 5) is 30.6. The minimum absolute atomic E-state index is 0.188. The van der Waals surface area contributed by atoms with Crippen molar-refractivity contribution in [1.82, 2.24) is 20.3 Å². The number of thiazole rings is 1. The number of aryl methyl sites for hydroxylation is 1. The van der Waals surface area contributed by atoms with Crippen LogP contribution >= 0.6 is 11.3 Å². The summed E-state index contributed by atoms with van der Waals surface area (Å²) in [6, 6.07) is 13.0.